The van der Waals surface area contributed by atoms with E-state index in [-0.39, 0.29) is 11.9 Å². The minimum atomic E-state index is -0.671. The summed E-state index contributed by atoms with van der Waals surface area (Å²) >= 11 is 0. The summed E-state index contributed by atoms with van der Waals surface area (Å²) in [6.07, 6.45) is 1.58. The van der Waals surface area contributed by atoms with Crippen LogP contribution in [0.25, 0.3) is 0 Å². The fourth-order valence-corrected chi connectivity index (χ4v) is 4.06. The maximum absolute atomic E-state index is 13.0. The lowest BCUT2D eigenvalue weighted by Gasteiger charge is -2.40. The van der Waals surface area contributed by atoms with Gasteiger partial charge in [-0.3, -0.25) is 9.59 Å². The van der Waals surface area contributed by atoms with E-state index in [1.165, 1.54) is 7.11 Å². The number of likely N-dealkylation sites (tertiary alicyclic amines) is 1. The fraction of sp³-hybridized carbons (Fsp3) is 0.400. The van der Waals surface area contributed by atoms with E-state index in [2.05, 4.69) is 0 Å². The Morgan fingerprint density at radius 1 is 0.906 bits per heavy atom. The third-order valence-corrected chi connectivity index (χ3v) is 5.97. The second-order valence-corrected chi connectivity index (χ2v) is 7.89. The van der Waals surface area contributed by atoms with Gasteiger partial charge in [0, 0.05) is 18.7 Å². The molecule has 1 fully saturated rings. The zero-order chi connectivity index (χ0) is 23.1. The Kier molecular flexibility index (Phi) is 7.51. The van der Waals surface area contributed by atoms with Gasteiger partial charge in [-0.25, -0.2) is 4.79 Å². The molecule has 0 saturated carbocycles. The van der Waals surface area contributed by atoms with E-state index < -0.39 is 11.4 Å². The number of piperidine rings is 1. The highest BCUT2D eigenvalue weighted by Gasteiger charge is 2.43. The summed E-state index contributed by atoms with van der Waals surface area (Å²) in [4.78, 5) is 39.2. The van der Waals surface area contributed by atoms with Crippen LogP contribution in [-0.2, 0) is 20.7 Å². The lowest BCUT2D eigenvalue weighted by molar-refractivity contribution is -0.158. The summed E-state index contributed by atoms with van der Waals surface area (Å²) < 4.78 is 15.3. The lowest BCUT2D eigenvalue weighted by Crippen LogP contribution is -2.48. The van der Waals surface area contributed by atoms with E-state index in [1.807, 2.05) is 24.3 Å². The van der Waals surface area contributed by atoms with Crippen LogP contribution in [0, 0.1) is 5.41 Å². The SMILES string of the molecule is CCOC(=O)C1(Cc2ccc(OC)cc2)CCN(C(=O)c2ccc(C(=O)OC)cc2)CC1. The second kappa shape index (κ2) is 10.3. The molecule has 0 radical (unpaired) electrons. The number of benzene rings is 2. The number of ether oxygens (including phenoxy) is 3. The van der Waals surface area contributed by atoms with E-state index in [1.54, 1.807) is 43.2 Å². The summed E-state index contributed by atoms with van der Waals surface area (Å²) in [5, 5.41) is 0. The minimum Gasteiger partial charge on any atom is -0.497 e. The van der Waals surface area contributed by atoms with E-state index in [4.69, 9.17) is 14.2 Å². The van der Waals surface area contributed by atoms with Gasteiger partial charge < -0.3 is 19.1 Å². The number of hydrogen-bond acceptors (Lipinski definition) is 6. The van der Waals surface area contributed by atoms with Crippen LogP contribution in [0.2, 0.25) is 0 Å². The Balaban J connectivity index is 1.72. The van der Waals surface area contributed by atoms with Crippen molar-refractivity contribution in [2.45, 2.75) is 26.2 Å². The summed E-state index contributed by atoms with van der Waals surface area (Å²) in [7, 11) is 2.93. The number of hydrogen-bond donors (Lipinski definition) is 0. The van der Waals surface area contributed by atoms with E-state index >= 15 is 0 Å². The Hall–Kier alpha value is -3.35. The molecule has 2 aromatic rings. The predicted molar refractivity (Wildman–Crippen MR) is 119 cm³/mol. The summed E-state index contributed by atoms with van der Waals surface area (Å²) in [5.41, 5.74) is 1.24. The van der Waals surface area contributed by atoms with Crippen molar-refractivity contribution < 1.29 is 28.6 Å². The molecule has 170 valence electrons. The third kappa shape index (κ3) is 5.10. The molecular weight excluding hydrogens is 410 g/mol. The average Bonchev–Trinajstić information content (AvgIpc) is 2.84. The van der Waals surface area contributed by atoms with Crippen molar-refractivity contribution in [1.82, 2.24) is 4.90 Å². The van der Waals surface area contributed by atoms with Crippen LogP contribution < -0.4 is 4.74 Å². The predicted octanol–water partition coefficient (Wildman–Crippen LogP) is 3.51. The molecule has 0 spiro atoms. The highest BCUT2D eigenvalue weighted by atomic mass is 16.5. The van der Waals surface area contributed by atoms with Crippen molar-refractivity contribution in [2.75, 3.05) is 33.9 Å². The number of methoxy groups -OCH3 is 2. The Labute approximate surface area is 188 Å². The first-order valence-electron chi connectivity index (χ1n) is 10.7. The zero-order valence-electron chi connectivity index (χ0n) is 18.8. The molecule has 1 saturated heterocycles. The van der Waals surface area contributed by atoms with Crippen LogP contribution in [0.1, 0.15) is 46.0 Å². The van der Waals surface area contributed by atoms with Gasteiger partial charge in [0.1, 0.15) is 5.75 Å². The van der Waals surface area contributed by atoms with Crippen LogP contribution >= 0.6 is 0 Å². The minimum absolute atomic E-state index is 0.122. The van der Waals surface area contributed by atoms with Crippen molar-refractivity contribution in [2.24, 2.45) is 5.41 Å². The lowest BCUT2D eigenvalue weighted by atomic mass is 9.73. The normalized spacial score (nSPS) is 15.0. The topological polar surface area (TPSA) is 82.1 Å². The Morgan fingerprint density at radius 2 is 1.50 bits per heavy atom. The smallest absolute Gasteiger partial charge is 0.337 e. The van der Waals surface area contributed by atoms with Crippen molar-refractivity contribution in [3.8, 4) is 5.75 Å². The van der Waals surface area contributed by atoms with E-state index in [0.717, 1.165) is 11.3 Å². The summed E-state index contributed by atoms with van der Waals surface area (Å²) in [6, 6.07) is 14.1. The molecule has 7 nitrogen and oxygen atoms in total. The summed E-state index contributed by atoms with van der Waals surface area (Å²) in [5.74, 6) is -0.0223. The molecule has 0 unspecified atom stereocenters. The molecule has 0 aliphatic carbocycles. The number of esters is 2. The second-order valence-electron chi connectivity index (χ2n) is 7.89. The van der Waals surface area contributed by atoms with Gasteiger partial charge in [-0.2, -0.15) is 0 Å². The van der Waals surface area contributed by atoms with Crippen LogP contribution in [0.3, 0.4) is 0 Å². The van der Waals surface area contributed by atoms with Gasteiger partial charge in [-0.1, -0.05) is 12.1 Å². The van der Waals surface area contributed by atoms with Gasteiger partial charge >= 0.3 is 11.9 Å². The molecule has 3 rings (SSSR count). The van der Waals surface area contributed by atoms with Crippen molar-refractivity contribution in [1.29, 1.82) is 0 Å². The molecule has 1 amide bonds. The average molecular weight is 440 g/mol. The van der Waals surface area contributed by atoms with Crippen LogP contribution in [-0.4, -0.2) is 56.7 Å². The number of carbonyl (C=O) groups excluding carboxylic acids is 3. The van der Waals surface area contributed by atoms with E-state index in [0.29, 0.717) is 50.1 Å². The number of nitrogens with zero attached hydrogens (tertiary/aromatic N) is 1. The fourth-order valence-electron chi connectivity index (χ4n) is 4.06. The van der Waals surface area contributed by atoms with Crippen molar-refractivity contribution in [3.05, 3.63) is 65.2 Å². The maximum atomic E-state index is 13.0. The van der Waals surface area contributed by atoms with Crippen LogP contribution in [0.4, 0.5) is 0 Å². The standard InChI is InChI=1S/C25H29NO6/c1-4-32-24(29)25(17-18-5-11-21(30-2)12-6-18)13-15-26(16-14-25)22(27)19-7-9-20(10-8-19)23(28)31-3/h5-12H,4,13-17H2,1-3H3. The molecule has 1 aliphatic rings. The van der Waals surface area contributed by atoms with Gasteiger partial charge in [0.15, 0.2) is 0 Å². The van der Waals surface area contributed by atoms with Crippen molar-refractivity contribution >= 4 is 17.8 Å². The van der Waals surface area contributed by atoms with Crippen LogP contribution in [0.15, 0.2) is 48.5 Å². The first-order valence-corrected chi connectivity index (χ1v) is 10.7. The molecule has 32 heavy (non-hydrogen) atoms. The third-order valence-electron chi connectivity index (χ3n) is 5.97. The quantitative estimate of drug-likeness (QED) is 0.614. The highest BCUT2D eigenvalue weighted by molar-refractivity contribution is 5.96. The van der Waals surface area contributed by atoms with Gasteiger partial charge in [0.2, 0.25) is 0 Å². The molecule has 0 bridgehead atoms. The van der Waals surface area contributed by atoms with Crippen molar-refractivity contribution in [3.63, 3.8) is 0 Å². The number of carbonyl (C=O) groups is 3. The first-order chi connectivity index (χ1) is 15.4. The monoisotopic (exact) mass is 439 g/mol. The largest absolute Gasteiger partial charge is 0.497 e. The molecule has 7 heteroatoms. The Bertz CT molecular complexity index is 943. The van der Waals surface area contributed by atoms with Gasteiger partial charge in [0.25, 0.3) is 5.91 Å². The Morgan fingerprint density at radius 3 is 2.03 bits per heavy atom. The number of rotatable bonds is 7. The maximum Gasteiger partial charge on any atom is 0.337 e. The molecule has 2 aromatic carbocycles. The molecule has 1 aliphatic heterocycles. The zero-order valence-corrected chi connectivity index (χ0v) is 18.8. The molecule has 0 aromatic heterocycles. The van der Waals surface area contributed by atoms with Gasteiger partial charge in [-0.15, -0.1) is 0 Å². The number of amides is 1. The molecule has 0 atom stereocenters. The molecular formula is C25H29NO6. The van der Waals surface area contributed by atoms with Crippen LogP contribution in [0.5, 0.6) is 5.75 Å². The van der Waals surface area contributed by atoms with Gasteiger partial charge in [0.05, 0.1) is 31.8 Å². The van der Waals surface area contributed by atoms with E-state index in [9.17, 15) is 14.4 Å². The highest BCUT2D eigenvalue weighted by Crippen LogP contribution is 2.37. The first kappa shape index (κ1) is 23.3. The molecule has 1 heterocycles. The molecule has 0 N–H and O–H groups in total. The summed E-state index contributed by atoms with van der Waals surface area (Å²) in [6.45, 7) is 3.02. The van der Waals surface area contributed by atoms with Gasteiger partial charge in [-0.05, 0) is 68.1 Å².